The summed E-state index contributed by atoms with van der Waals surface area (Å²) in [6, 6.07) is 3.72. The summed E-state index contributed by atoms with van der Waals surface area (Å²) in [6.45, 7) is 8.47. The SMILES string of the molecule is Cc1cc(/C(N)=N/O)cc(N2CCCC(C)(C)C2)n1. The molecule has 19 heavy (non-hydrogen) atoms. The van der Waals surface area contributed by atoms with Crippen molar-refractivity contribution in [3.63, 3.8) is 0 Å². The second kappa shape index (κ2) is 5.07. The summed E-state index contributed by atoms with van der Waals surface area (Å²) in [4.78, 5) is 6.86. The number of piperidine rings is 1. The minimum atomic E-state index is 0.128. The van der Waals surface area contributed by atoms with Crippen LogP contribution >= 0.6 is 0 Å². The maximum atomic E-state index is 8.79. The van der Waals surface area contributed by atoms with Crippen LogP contribution in [-0.4, -0.2) is 29.1 Å². The normalized spacial score (nSPS) is 19.5. The van der Waals surface area contributed by atoms with Gasteiger partial charge in [0.25, 0.3) is 0 Å². The molecule has 2 heterocycles. The van der Waals surface area contributed by atoms with E-state index in [4.69, 9.17) is 10.9 Å². The summed E-state index contributed by atoms with van der Waals surface area (Å²) in [6.07, 6.45) is 2.41. The van der Waals surface area contributed by atoms with Gasteiger partial charge in [0.2, 0.25) is 0 Å². The van der Waals surface area contributed by atoms with Gasteiger partial charge in [-0.1, -0.05) is 19.0 Å². The van der Waals surface area contributed by atoms with Crippen LogP contribution in [-0.2, 0) is 0 Å². The fourth-order valence-corrected chi connectivity index (χ4v) is 2.64. The Morgan fingerprint density at radius 1 is 1.47 bits per heavy atom. The molecule has 1 aliphatic rings. The third-order valence-electron chi connectivity index (χ3n) is 3.57. The summed E-state index contributed by atoms with van der Waals surface area (Å²) >= 11 is 0. The average Bonchev–Trinajstić information content (AvgIpc) is 2.36. The summed E-state index contributed by atoms with van der Waals surface area (Å²) < 4.78 is 0. The van der Waals surface area contributed by atoms with Gasteiger partial charge in [-0.05, 0) is 37.3 Å². The van der Waals surface area contributed by atoms with Gasteiger partial charge in [-0.3, -0.25) is 0 Å². The Hall–Kier alpha value is -1.78. The van der Waals surface area contributed by atoms with E-state index >= 15 is 0 Å². The van der Waals surface area contributed by atoms with E-state index in [0.717, 1.165) is 24.6 Å². The van der Waals surface area contributed by atoms with Gasteiger partial charge in [-0.2, -0.15) is 0 Å². The molecule has 5 nitrogen and oxygen atoms in total. The number of oxime groups is 1. The van der Waals surface area contributed by atoms with Crippen molar-refractivity contribution in [2.45, 2.75) is 33.6 Å². The van der Waals surface area contributed by atoms with Gasteiger partial charge in [0.05, 0.1) is 0 Å². The van der Waals surface area contributed by atoms with Crippen LogP contribution in [0.25, 0.3) is 0 Å². The van der Waals surface area contributed by atoms with Gasteiger partial charge < -0.3 is 15.8 Å². The van der Waals surface area contributed by atoms with Crippen molar-refractivity contribution in [3.05, 3.63) is 23.4 Å². The second-order valence-electron chi connectivity index (χ2n) is 6.03. The monoisotopic (exact) mass is 262 g/mol. The molecule has 0 bridgehead atoms. The Morgan fingerprint density at radius 3 is 2.84 bits per heavy atom. The largest absolute Gasteiger partial charge is 0.409 e. The molecular formula is C14H22N4O. The Labute approximate surface area is 114 Å². The number of hydrogen-bond acceptors (Lipinski definition) is 4. The van der Waals surface area contributed by atoms with Crippen LogP contribution in [0.3, 0.4) is 0 Å². The van der Waals surface area contributed by atoms with Gasteiger partial charge in [0, 0.05) is 24.3 Å². The van der Waals surface area contributed by atoms with E-state index in [1.54, 1.807) is 0 Å². The topological polar surface area (TPSA) is 74.7 Å². The third-order valence-corrected chi connectivity index (χ3v) is 3.57. The Morgan fingerprint density at radius 2 is 2.21 bits per heavy atom. The minimum Gasteiger partial charge on any atom is -0.409 e. The summed E-state index contributed by atoms with van der Waals surface area (Å²) in [5, 5.41) is 11.9. The first kappa shape index (κ1) is 13.6. The van der Waals surface area contributed by atoms with E-state index in [2.05, 4.69) is 28.9 Å². The molecule has 104 valence electrons. The average molecular weight is 262 g/mol. The van der Waals surface area contributed by atoms with Crippen molar-refractivity contribution in [2.75, 3.05) is 18.0 Å². The van der Waals surface area contributed by atoms with Crippen LogP contribution in [0, 0.1) is 12.3 Å². The van der Waals surface area contributed by atoms with Crippen LogP contribution in [0.1, 0.15) is 37.9 Å². The number of amidine groups is 1. The molecule has 1 aromatic rings. The Balaban J connectivity index is 2.32. The molecule has 0 saturated carbocycles. The molecule has 5 heteroatoms. The van der Waals surface area contributed by atoms with Gasteiger partial charge in [-0.15, -0.1) is 0 Å². The Bertz CT molecular complexity index is 496. The summed E-state index contributed by atoms with van der Waals surface area (Å²) in [7, 11) is 0. The number of aromatic nitrogens is 1. The highest BCUT2D eigenvalue weighted by Crippen LogP contribution is 2.31. The van der Waals surface area contributed by atoms with E-state index in [0.29, 0.717) is 11.0 Å². The molecule has 0 unspecified atom stereocenters. The van der Waals surface area contributed by atoms with Gasteiger partial charge >= 0.3 is 0 Å². The van der Waals surface area contributed by atoms with Crippen molar-refractivity contribution in [1.82, 2.24) is 4.98 Å². The zero-order valence-corrected chi connectivity index (χ0v) is 11.8. The lowest BCUT2D eigenvalue weighted by Crippen LogP contribution is -2.40. The molecule has 1 saturated heterocycles. The number of pyridine rings is 1. The number of nitrogens with two attached hydrogens (primary N) is 1. The summed E-state index contributed by atoms with van der Waals surface area (Å²) in [5.74, 6) is 1.04. The highest BCUT2D eigenvalue weighted by atomic mass is 16.4. The molecule has 3 N–H and O–H groups in total. The Kier molecular flexibility index (Phi) is 3.64. The van der Waals surface area contributed by atoms with Crippen molar-refractivity contribution in [1.29, 1.82) is 0 Å². The smallest absolute Gasteiger partial charge is 0.170 e. The number of aryl methyl sites for hydroxylation is 1. The lowest BCUT2D eigenvalue weighted by Gasteiger charge is -2.39. The van der Waals surface area contributed by atoms with Gasteiger partial charge in [0.15, 0.2) is 5.84 Å². The molecule has 0 amide bonds. The maximum Gasteiger partial charge on any atom is 0.170 e. The highest BCUT2D eigenvalue weighted by molar-refractivity contribution is 5.97. The number of rotatable bonds is 2. The number of anilines is 1. The van der Waals surface area contributed by atoms with Crippen molar-refractivity contribution in [2.24, 2.45) is 16.3 Å². The maximum absolute atomic E-state index is 8.79. The summed E-state index contributed by atoms with van der Waals surface area (Å²) in [5.41, 5.74) is 7.57. The predicted octanol–water partition coefficient (Wildman–Crippen LogP) is 2.11. The van der Waals surface area contributed by atoms with E-state index in [1.165, 1.54) is 12.8 Å². The van der Waals surface area contributed by atoms with E-state index in [-0.39, 0.29) is 5.84 Å². The molecule has 1 fully saturated rings. The quantitative estimate of drug-likeness (QED) is 0.370. The third kappa shape index (κ3) is 3.16. The molecule has 0 aromatic carbocycles. The first-order chi connectivity index (χ1) is 8.91. The van der Waals surface area contributed by atoms with Crippen LogP contribution in [0.5, 0.6) is 0 Å². The van der Waals surface area contributed by atoms with Crippen molar-refractivity contribution >= 4 is 11.7 Å². The number of nitrogens with zero attached hydrogens (tertiary/aromatic N) is 3. The zero-order valence-electron chi connectivity index (χ0n) is 11.8. The highest BCUT2D eigenvalue weighted by Gasteiger charge is 2.27. The predicted molar refractivity (Wildman–Crippen MR) is 76.7 cm³/mol. The zero-order chi connectivity index (χ0) is 14.0. The second-order valence-corrected chi connectivity index (χ2v) is 6.03. The first-order valence-electron chi connectivity index (χ1n) is 6.63. The van der Waals surface area contributed by atoms with Crippen molar-refractivity contribution in [3.8, 4) is 0 Å². The lowest BCUT2D eigenvalue weighted by molar-refractivity contribution is 0.292. The van der Waals surface area contributed by atoms with E-state index in [1.807, 2.05) is 19.1 Å². The van der Waals surface area contributed by atoms with Crippen LogP contribution in [0.15, 0.2) is 17.3 Å². The number of hydrogen-bond donors (Lipinski definition) is 2. The standard InChI is InChI=1S/C14H22N4O/c1-10-7-11(13(15)17-19)8-12(16-10)18-6-4-5-14(2,3)9-18/h7-8,19H,4-6,9H2,1-3H3,(H2,15,17). The van der Waals surface area contributed by atoms with Crippen LogP contribution in [0.4, 0.5) is 5.82 Å². The molecule has 1 aromatic heterocycles. The van der Waals surface area contributed by atoms with Crippen LogP contribution < -0.4 is 10.6 Å². The molecule has 0 atom stereocenters. The van der Waals surface area contributed by atoms with Gasteiger partial charge in [-0.25, -0.2) is 4.98 Å². The lowest BCUT2D eigenvalue weighted by atomic mass is 9.84. The van der Waals surface area contributed by atoms with Crippen LogP contribution in [0.2, 0.25) is 0 Å². The fraction of sp³-hybridized carbons (Fsp3) is 0.571. The molecule has 1 aliphatic heterocycles. The molecule has 2 rings (SSSR count). The van der Waals surface area contributed by atoms with Gasteiger partial charge in [0.1, 0.15) is 5.82 Å². The first-order valence-corrected chi connectivity index (χ1v) is 6.63. The molecule has 0 aliphatic carbocycles. The van der Waals surface area contributed by atoms with E-state index in [9.17, 15) is 0 Å². The molecule has 0 spiro atoms. The molecule has 0 radical (unpaired) electrons. The van der Waals surface area contributed by atoms with E-state index < -0.39 is 0 Å². The molecular weight excluding hydrogens is 240 g/mol. The fourth-order valence-electron chi connectivity index (χ4n) is 2.64. The van der Waals surface area contributed by atoms with Crippen molar-refractivity contribution < 1.29 is 5.21 Å². The minimum absolute atomic E-state index is 0.128.